The summed E-state index contributed by atoms with van der Waals surface area (Å²) in [4.78, 5) is 25.7. The van der Waals surface area contributed by atoms with Gasteiger partial charge in [-0.05, 0) is 19.4 Å². The van der Waals surface area contributed by atoms with Crippen LogP contribution in [-0.4, -0.2) is 76.2 Å². The van der Waals surface area contributed by atoms with E-state index in [0.717, 1.165) is 11.8 Å². The number of ether oxygens (including phenoxy) is 1. The highest BCUT2D eigenvalue weighted by Crippen LogP contribution is 2.35. The van der Waals surface area contributed by atoms with Crippen molar-refractivity contribution in [3.05, 3.63) is 54.0 Å². The zero-order valence-electron chi connectivity index (χ0n) is 20.7. The first-order chi connectivity index (χ1) is 17.5. The van der Waals surface area contributed by atoms with Crippen molar-refractivity contribution in [2.45, 2.75) is 63.5 Å². The third-order valence-electron chi connectivity index (χ3n) is 7.02. The van der Waals surface area contributed by atoms with Crippen LogP contribution in [0.2, 0.25) is 0 Å². The van der Waals surface area contributed by atoms with Gasteiger partial charge in [0, 0.05) is 45.6 Å². The Hall–Kier alpha value is -3.02. The average molecular weight is 528 g/mol. The van der Waals surface area contributed by atoms with Gasteiger partial charge in [0.25, 0.3) is 6.43 Å². The lowest BCUT2D eigenvalue weighted by Crippen LogP contribution is -2.61. The van der Waals surface area contributed by atoms with Crippen LogP contribution in [0.3, 0.4) is 0 Å². The van der Waals surface area contributed by atoms with Crippen molar-refractivity contribution in [1.82, 2.24) is 19.8 Å². The van der Waals surface area contributed by atoms with Gasteiger partial charge in [-0.3, -0.25) is 9.80 Å². The monoisotopic (exact) mass is 527 g/mol. The molecule has 1 amide bonds. The van der Waals surface area contributed by atoms with Gasteiger partial charge in [-0.1, -0.05) is 30.3 Å². The first kappa shape index (κ1) is 27.0. The number of nitrogens with zero attached hydrogens (tertiary/aromatic N) is 5. The normalized spacial score (nSPS) is 22.8. The largest absolute Gasteiger partial charge is 0.437 e. The van der Waals surface area contributed by atoms with Crippen LogP contribution in [0.1, 0.15) is 37.9 Å². The number of rotatable bonds is 5. The van der Waals surface area contributed by atoms with Crippen molar-refractivity contribution in [2.24, 2.45) is 0 Å². The number of carbonyl (C=O) groups is 1. The molecule has 0 saturated carbocycles. The van der Waals surface area contributed by atoms with E-state index in [2.05, 4.69) is 14.9 Å². The van der Waals surface area contributed by atoms with Gasteiger partial charge in [0.2, 0.25) is 0 Å². The van der Waals surface area contributed by atoms with Crippen LogP contribution in [0, 0.1) is 0 Å². The zero-order chi connectivity index (χ0) is 26.8. The molecular weight excluding hydrogens is 497 g/mol. The van der Waals surface area contributed by atoms with Gasteiger partial charge in [0.1, 0.15) is 5.82 Å². The molecule has 2 fully saturated rings. The number of piperazine rings is 1. The summed E-state index contributed by atoms with van der Waals surface area (Å²) in [5, 5.41) is 0. The summed E-state index contributed by atoms with van der Waals surface area (Å²) in [5.74, 6) is 0.245. The molecule has 1 aromatic heterocycles. The number of likely N-dealkylation sites (tertiary alicyclic amines) is 1. The van der Waals surface area contributed by atoms with Gasteiger partial charge in [0.15, 0.2) is 11.3 Å². The quantitative estimate of drug-likeness (QED) is 0.520. The Morgan fingerprint density at radius 1 is 1.05 bits per heavy atom. The van der Waals surface area contributed by atoms with E-state index in [1.165, 1.54) is 4.90 Å². The minimum absolute atomic E-state index is 0.0209. The van der Waals surface area contributed by atoms with E-state index in [-0.39, 0.29) is 31.7 Å². The van der Waals surface area contributed by atoms with Crippen molar-refractivity contribution < 1.29 is 31.5 Å². The molecule has 4 rings (SSSR count). The highest BCUT2D eigenvalue weighted by molar-refractivity contribution is 5.70. The van der Waals surface area contributed by atoms with Crippen LogP contribution in [-0.2, 0) is 17.5 Å². The van der Waals surface area contributed by atoms with Crippen LogP contribution < -0.4 is 4.90 Å². The van der Waals surface area contributed by atoms with E-state index in [4.69, 9.17) is 4.74 Å². The third-order valence-corrected chi connectivity index (χ3v) is 7.02. The molecule has 2 atom stereocenters. The summed E-state index contributed by atoms with van der Waals surface area (Å²) in [5.41, 5.74) is -1.87. The number of hydrogen-bond acceptors (Lipinski definition) is 6. The first-order valence-electron chi connectivity index (χ1n) is 12.2. The molecule has 0 aliphatic carbocycles. The van der Waals surface area contributed by atoms with Crippen molar-refractivity contribution in [1.29, 1.82) is 0 Å². The number of anilines is 1. The van der Waals surface area contributed by atoms with E-state index in [1.807, 2.05) is 30.3 Å². The summed E-state index contributed by atoms with van der Waals surface area (Å²) in [6, 6.07) is 8.83. The minimum Gasteiger partial charge on any atom is -0.437 e. The van der Waals surface area contributed by atoms with Crippen LogP contribution in [0.15, 0.2) is 42.7 Å². The summed E-state index contributed by atoms with van der Waals surface area (Å²) in [6.45, 7) is 5.34. The maximum atomic E-state index is 14.2. The molecule has 2 aliphatic rings. The highest BCUT2D eigenvalue weighted by Gasteiger charge is 2.48. The number of carbonyl (C=O) groups excluding carboxylic acids is 1. The second-order valence-electron chi connectivity index (χ2n) is 9.76. The van der Waals surface area contributed by atoms with Crippen LogP contribution >= 0.6 is 0 Å². The van der Waals surface area contributed by atoms with Crippen molar-refractivity contribution in [3.8, 4) is 0 Å². The summed E-state index contributed by atoms with van der Waals surface area (Å²) in [7, 11) is 0. The molecule has 12 heteroatoms. The molecular formula is C25H30F5N5O2. The number of alkyl halides is 5. The number of hydrogen-bond donors (Lipinski definition) is 0. The van der Waals surface area contributed by atoms with Gasteiger partial charge in [-0.2, -0.15) is 13.2 Å². The predicted octanol–water partition coefficient (Wildman–Crippen LogP) is 4.83. The average Bonchev–Trinajstić information content (AvgIpc) is 2.85. The number of piperidine rings is 1. The Morgan fingerprint density at radius 2 is 1.68 bits per heavy atom. The van der Waals surface area contributed by atoms with Gasteiger partial charge >= 0.3 is 12.3 Å². The fourth-order valence-corrected chi connectivity index (χ4v) is 5.02. The van der Waals surface area contributed by atoms with Gasteiger partial charge in [0.05, 0.1) is 24.5 Å². The van der Waals surface area contributed by atoms with Crippen LogP contribution in [0.4, 0.5) is 32.6 Å². The highest BCUT2D eigenvalue weighted by atomic mass is 19.4. The fraction of sp³-hybridized carbons (Fsp3) is 0.560. The Labute approximate surface area is 212 Å². The summed E-state index contributed by atoms with van der Waals surface area (Å²) < 4.78 is 72.4. The van der Waals surface area contributed by atoms with E-state index < -0.39 is 42.1 Å². The van der Waals surface area contributed by atoms with Gasteiger partial charge < -0.3 is 9.64 Å². The molecule has 0 radical (unpaired) electrons. The predicted molar refractivity (Wildman–Crippen MR) is 126 cm³/mol. The van der Waals surface area contributed by atoms with E-state index in [1.54, 1.807) is 18.7 Å². The maximum Gasteiger partial charge on any atom is 0.434 e. The molecule has 0 spiro atoms. The summed E-state index contributed by atoms with van der Waals surface area (Å²) in [6.07, 6.45) is -6.47. The molecule has 2 saturated heterocycles. The number of benzene rings is 1. The SMILES string of the molecule is C[C@@H]1CN(c2cnc(C(F)(F)F)cn2)C[C@H](C)N1C(=O)OC1(C(F)F)CCN(Cc2ccccc2)CC1. The Balaban J connectivity index is 1.38. The van der Waals surface area contributed by atoms with Crippen molar-refractivity contribution in [3.63, 3.8) is 0 Å². The Bertz CT molecular complexity index is 1030. The molecule has 2 aliphatic heterocycles. The van der Waals surface area contributed by atoms with E-state index >= 15 is 0 Å². The fourth-order valence-electron chi connectivity index (χ4n) is 5.02. The van der Waals surface area contributed by atoms with Crippen molar-refractivity contribution in [2.75, 3.05) is 31.1 Å². The van der Waals surface area contributed by atoms with E-state index in [0.29, 0.717) is 25.8 Å². The van der Waals surface area contributed by atoms with Crippen LogP contribution in [0.25, 0.3) is 0 Å². The van der Waals surface area contributed by atoms with Crippen molar-refractivity contribution >= 4 is 11.9 Å². The number of amides is 1. The number of aromatic nitrogens is 2. The van der Waals surface area contributed by atoms with E-state index in [9.17, 15) is 26.7 Å². The zero-order valence-corrected chi connectivity index (χ0v) is 20.7. The number of halogens is 5. The molecule has 3 heterocycles. The molecule has 0 bridgehead atoms. The molecule has 1 aromatic carbocycles. The minimum atomic E-state index is -4.59. The second-order valence-corrected chi connectivity index (χ2v) is 9.76. The third kappa shape index (κ3) is 6.11. The van der Waals surface area contributed by atoms with Gasteiger partial charge in [-0.25, -0.2) is 23.5 Å². The lowest BCUT2D eigenvalue weighted by molar-refractivity contribution is -0.141. The molecule has 2 aromatic rings. The summed E-state index contributed by atoms with van der Waals surface area (Å²) >= 11 is 0. The first-order valence-corrected chi connectivity index (χ1v) is 12.2. The molecule has 202 valence electrons. The molecule has 37 heavy (non-hydrogen) atoms. The standard InChI is InChI=1S/C25H30F5N5O2/c1-17-14-34(21-13-31-20(12-32-21)25(28,29)30)15-18(2)35(17)23(36)37-24(22(26)27)8-10-33(11-9-24)16-19-6-4-3-5-7-19/h3-7,12-13,17-18,22H,8-11,14-16H2,1-2H3/t17-,18+. The Kier molecular flexibility index (Phi) is 7.86. The molecule has 0 unspecified atom stereocenters. The van der Waals surface area contributed by atoms with Crippen LogP contribution in [0.5, 0.6) is 0 Å². The second kappa shape index (κ2) is 10.8. The molecule has 7 nitrogen and oxygen atoms in total. The molecule has 0 N–H and O–H groups in total. The topological polar surface area (TPSA) is 61.8 Å². The smallest absolute Gasteiger partial charge is 0.434 e. The lowest BCUT2D eigenvalue weighted by Gasteiger charge is -2.46. The maximum absolute atomic E-state index is 14.2. The Morgan fingerprint density at radius 3 is 2.19 bits per heavy atom. The van der Waals surface area contributed by atoms with Gasteiger partial charge in [-0.15, -0.1) is 0 Å². The lowest BCUT2D eigenvalue weighted by atomic mass is 9.91.